The molecule has 212 valence electrons. The van der Waals surface area contributed by atoms with Crippen LogP contribution in [0.3, 0.4) is 0 Å². The van der Waals surface area contributed by atoms with Crippen LogP contribution >= 0.6 is 0 Å². The standard InChI is InChI=1S/C30H37N5O4S/c1-30(2,29(37)33-19-20-12-14-23(15-13-20)27(31)32)34-28(36)26(22-9-4-3-5-10-22)35-40(38,39)25-17-16-21-8-6-7-11-24(21)18-25/h6-8,11-18,22,26,35H,3-5,9-10,19H2,1-2H3,(H3,31,32)(H,33,37)(H,34,36)/t26-/m1/s1. The number of carbonyl (C=O) groups excluding carboxylic acids is 2. The summed E-state index contributed by atoms with van der Waals surface area (Å²) < 4.78 is 29.6. The van der Waals surface area contributed by atoms with E-state index < -0.39 is 33.4 Å². The average Bonchev–Trinajstić information content (AvgIpc) is 2.94. The van der Waals surface area contributed by atoms with Crippen molar-refractivity contribution in [1.82, 2.24) is 15.4 Å². The van der Waals surface area contributed by atoms with Gasteiger partial charge in [-0.25, -0.2) is 8.42 Å². The van der Waals surface area contributed by atoms with Crippen LogP contribution in [0.4, 0.5) is 0 Å². The number of hydrogen-bond donors (Lipinski definition) is 5. The number of nitrogens with one attached hydrogen (secondary N) is 4. The van der Waals surface area contributed by atoms with Crippen LogP contribution in [0.2, 0.25) is 0 Å². The molecular weight excluding hydrogens is 526 g/mol. The molecule has 1 atom stereocenters. The maximum atomic E-state index is 13.6. The quantitative estimate of drug-likeness (QED) is 0.188. The first-order chi connectivity index (χ1) is 19.0. The summed E-state index contributed by atoms with van der Waals surface area (Å²) in [5.74, 6) is -1.15. The van der Waals surface area contributed by atoms with Crippen molar-refractivity contribution in [2.24, 2.45) is 11.7 Å². The van der Waals surface area contributed by atoms with Crippen LogP contribution in [0.15, 0.2) is 71.6 Å². The Morgan fingerprint density at radius 3 is 2.27 bits per heavy atom. The summed E-state index contributed by atoms with van der Waals surface area (Å²) in [5.41, 5.74) is 5.59. The Hall–Kier alpha value is -3.76. The van der Waals surface area contributed by atoms with Gasteiger partial charge < -0.3 is 16.4 Å². The van der Waals surface area contributed by atoms with Gasteiger partial charge in [0.05, 0.1) is 4.90 Å². The minimum atomic E-state index is -4.01. The first-order valence-electron chi connectivity index (χ1n) is 13.5. The van der Waals surface area contributed by atoms with E-state index in [4.69, 9.17) is 11.1 Å². The van der Waals surface area contributed by atoms with Crippen LogP contribution in [0.5, 0.6) is 0 Å². The Balaban J connectivity index is 1.48. The molecule has 0 heterocycles. The monoisotopic (exact) mass is 563 g/mol. The molecule has 1 aliphatic rings. The van der Waals surface area contributed by atoms with Gasteiger partial charge in [-0.2, -0.15) is 4.72 Å². The maximum Gasteiger partial charge on any atom is 0.245 e. The molecule has 3 aromatic rings. The van der Waals surface area contributed by atoms with Crippen LogP contribution in [0.1, 0.15) is 57.1 Å². The van der Waals surface area contributed by atoms with Gasteiger partial charge in [-0.15, -0.1) is 0 Å². The Morgan fingerprint density at radius 2 is 1.62 bits per heavy atom. The predicted molar refractivity (Wildman–Crippen MR) is 156 cm³/mol. The van der Waals surface area contributed by atoms with Gasteiger partial charge in [-0.3, -0.25) is 15.0 Å². The predicted octanol–water partition coefficient (Wildman–Crippen LogP) is 3.56. The molecule has 9 nitrogen and oxygen atoms in total. The number of hydrogen-bond acceptors (Lipinski definition) is 5. The summed E-state index contributed by atoms with van der Waals surface area (Å²) in [7, 11) is -4.01. The van der Waals surface area contributed by atoms with Crippen molar-refractivity contribution in [2.45, 2.75) is 69.0 Å². The zero-order valence-electron chi connectivity index (χ0n) is 22.9. The lowest BCUT2D eigenvalue weighted by atomic mass is 9.83. The van der Waals surface area contributed by atoms with Gasteiger partial charge >= 0.3 is 0 Å². The highest BCUT2D eigenvalue weighted by Crippen LogP contribution is 2.28. The van der Waals surface area contributed by atoms with Crippen molar-refractivity contribution in [3.05, 3.63) is 77.9 Å². The van der Waals surface area contributed by atoms with E-state index in [0.717, 1.165) is 48.4 Å². The molecule has 0 saturated heterocycles. The van der Waals surface area contributed by atoms with Gasteiger partial charge in [0, 0.05) is 12.1 Å². The van der Waals surface area contributed by atoms with Crippen LogP contribution in [0, 0.1) is 11.3 Å². The number of rotatable bonds is 10. The highest BCUT2D eigenvalue weighted by Gasteiger charge is 2.38. The van der Waals surface area contributed by atoms with E-state index in [2.05, 4.69) is 15.4 Å². The molecule has 4 rings (SSSR count). The molecule has 0 spiro atoms. The Bertz CT molecular complexity index is 1500. The third-order valence-corrected chi connectivity index (χ3v) is 8.88. The molecule has 1 aliphatic carbocycles. The molecule has 2 amide bonds. The summed E-state index contributed by atoms with van der Waals surface area (Å²) in [4.78, 5) is 26.8. The van der Waals surface area contributed by atoms with Crippen molar-refractivity contribution >= 4 is 38.4 Å². The number of fused-ring (bicyclic) bond motifs is 1. The van der Waals surface area contributed by atoms with E-state index in [9.17, 15) is 18.0 Å². The zero-order chi connectivity index (χ0) is 28.9. The van der Waals surface area contributed by atoms with Crippen molar-refractivity contribution in [1.29, 1.82) is 5.41 Å². The number of carbonyl (C=O) groups is 2. The fraction of sp³-hybridized carbons (Fsp3) is 0.367. The van der Waals surface area contributed by atoms with E-state index in [-0.39, 0.29) is 23.2 Å². The highest BCUT2D eigenvalue weighted by atomic mass is 32.2. The summed E-state index contributed by atoms with van der Waals surface area (Å²) in [6, 6.07) is 18.3. The first-order valence-corrected chi connectivity index (χ1v) is 15.0. The second-order valence-corrected chi connectivity index (χ2v) is 12.6. The topological polar surface area (TPSA) is 154 Å². The van der Waals surface area contributed by atoms with E-state index in [1.54, 1.807) is 56.3 Å². The van der Waals surface area contributed by atoms with Crippen molar-refractivity contribution in [3.63, 3.8) is 0 Å². The van der Waals surface area contributed by atoms with E-state index in [1.165, 1.54) is 0 Å². The van der Waals surface area contributed by atoms with Crippen LogP contribution in [0.25, 0.3) is 10.8 Å². The highest BCUT2D eigenvalue weighted by molar-refractivity contribution is 7.89. The lowest BCUT2D eigenvalue weighted by Crippen LogP contribution is -2.60. The Kier molecular flexibility index (Phi) is 8.90. The van der Waals surface area contributed by atoms with Gasteiger partial charge in [0.1, 0.15) is 17.4 Å². The number of nitrogen functional groups attached to an aromatic ring is 1. The molecule has 0 radical (unpaired) electrons. The maximum absolute atomic E-state index is 13.6. The summed E-state index contributed by atoms with van der Waals surface area (Å²) in [5, 5.41) is 14.8. The number of sulfonamides is 1. The lowest BCUT2D eigenvalue weighted by Gasteiger charge is -2.33. The molecule has 0 aliphatic heterocycles. The molecule has 6 N–H and O–H groups in total. The Labute approximate surface area is 235 Å². The molecule has 3 aromatic carbocycles. The minimum Gasteiger partial charge on any atom is -0.384 e. The summed E-state index contributed by atoms with van der Waals surface area (Å²) in [6.07, 6.45) is 4.32. The molecule has 1 fully saturated rings. The van der Waals surface area contributed by atoms with Crippen LogP contribution < -0.4 is 21.1 Å². The second-order valence-electron chi connectivity index (χ2n) is 10.9. The molecular formula is C30H37N5O4S. The minimum absolute atomic E-state index is 0.0387. The number of benzene rings is 3. The SMILES string of the molecule is CC(C)(NC(=O)[C@H](NS(=O)(=O)c1ccc2ccccc2c1)C1CCCCC1)C(=O)NCc1ccc(C(=N)N)cc1. The number of amides is 2. The van der Waals surface area contributed by atoms with Crippen molar-refractivity contribution in [3.8, 4) is 0 Å². The third-order valence-electron chi connectivity index (χ3n) is 7.44. The van der Waals surface area contributed by atoms with Gasteiger partial charge in [-0.1, -0.05) is 73.9 Å². The summed E-state index contributed by atoms with van der Waals surface area (Å²) >= 11 is 0. The smallest absolute Gasteiger partial charge is 0.245 e. The fourth-order valence-electron chi connectivity index (χ4n) is 5.05. The average molecular weight is 564 g/mol. The molecule has 0 unspecified atom stereocenters. The number of nitrogens with two attached hydrogens (primary N) is 1. The van der Waals surface area contributed by atoms with E-state index in [1.807, 2.05) is 24.3 Å². The second kappa shape index (κ2) is 12.2. The molecule has 0 bridgehead atoms. The van der Waals surface area contributed by atoms with Gasteiger partial charge in [0.15, 0.2) is 0 Å². The molecule has 0 aromatic heterocycles. The van der Waals surface area contributed by atoms with Crippen LogP contribution in [-0.2, 0) is 26.2 Å². The first kappa shape index (κ1) is 29.2. The van der Waals surface area contributed by atoms with Gasteiger partial charge in [-0.05, 0) is 61.1 Å². The van der Waals surface area contributed by atoms with Crippen molar-refractivity contribution < 1.29 is 18.0 Å². The van der Waals surface area contributed by atoms with Crippen LogP contribution in [-0.4, -0.2) is 37.6 Å². The lowest BCUT2D eigenvalue weighted by molar-refractivity contribution is -0.133. The van der Waals surface area contributed by atoms with Gasteiger partial charge in [0.2, 0.25) is 21.8 Å². The molecule has 1 saturated carbocycles. The largest absolute Gasteiger partial charge is 0.384 e. The van der Waals surface area contributed by atoms with E-state index >= 15 is 0 Å². The molecule has 40 heavy (non-hydrogen) atoms. The van der Waals surface area contributed by atoms with Gasteiger partial charge in [0.25, 0.3) is 0 Å². The van der Waals surface area contributed by atoms with Crippen molar-refractivity contribution in [2.75, 3.05) is 0 Å². The molecule has 10 heteroatoms. The third kappa shape index (κ3) is 7.05. The Morgan fingerprint density at radius 1 is 0.975 bits per heavy atom. The fourth-order valence-corrected chi connectivity index (χ4v) is 6.35. The number of amidine groups is 1. The zero-order valence-corrected chi connectivity index (χ0v) is 23.7. The summed E-state index contributed by atoms with van der Waals surface area (Å²) in [6.45, 7) is 3.40. The van der Waals surface area contributed by atoms with E-state index in [0.29, 0.717) is 5.56 Å². The normalized spacial score (nSPS) is 15.3.